The first kappa shape index (κ1) is 10.0. The average molecular weight is 106 g/mol. The van der Waals surface area contributed by atoms with Gasteiger partial charge in [0, 0.05) is 0 Å². The lowest BCUT2D eigenvalue weighted by Crippen LogP contribution is -2.01. The standard InChI is InChI=1S/C4H10O2.CH4/c1-2-3-4(5)6;/h4-6H,2-3H2,1H3;1H4. The SMILES string of the molecule is C.CCCC(O)O. The summed E-state index contributed by atoms with van der Waals surface area (Å²) in [6.07, 6.45) is 0.215. The third-order valence-electron chi connectivity index (χ3n) is 0.547. The maximum absolute atomic E-state index is 8.11. The summed E-state index contributed by atoms with van der Waals surface area (Å²) in [5, 5.41) is 16.2. The molecule has 0 radical (unpaired) electrons. The van der Waals surface area contributed by atoms with E-state index >= 15 is 0 Å². The predicted octanol–water partition coefficient (Wildman–Crippen LogP) is 0.733. The van der Waals surface area contributed by atoms with Crippen molar-refractivity contribution in [3.8, 4) is 0 Å². The summed E-state index contributed by atoms with van der Waals surface area (Å²) in [6, 6.07) is 0. The molecule has 0 saturated heterocycles. The molecule has 0 aromatic rings. The number of aliphatic hydroxyl groups is 2. The molecule has 0 aliphatic carbocycles. The molecule has 0 heterocycles. The van der Waals surface area contributed by atoms with Gasteiger partial charge in [0.1, 0.15) is 0 Å². The molecule has 0 fully saturated rings. The Morgan fingerprint density at radius 1 is 1.43 bits per heavy atom. The Morgan fingerprint density at radius 3 is 1.86 bits per heavy atom. The Bertz CT molecular complexity index is 27.3. The van der Waals surface area contributed by atoms with Crippen molar-refractivity contribution in [2.24, 2.45) is 0 Å². The summed E-state index contributed by atoms with van der Waals surface area (Å²) in [5.74, 6) is 0. The third kappa shape index (κ3) is 10.7. The van der Waals surface area contributed by atoms with Gasteiger partial charge in [-0.15, -0.1) is 0 Å². The molecule has 0 aromatic carbocycles. The fourth-order valence-corrected chi connectivity index (χ4v) is 0.258. The fraction of sp³-hybridized carbons (Fsp3) is 1.00. The van der Waals surface area contributed by atoms with Crippen LogP contribution in [0.25, 0.3) is 0 Å². The first-order valence-electron chi connectivity index (χ1n) is 2.13. The van der Waals surface area contributed by atoms with Crippen LogP contribution in [0.3, 0.4) is 0 Å². The largest absolute Gasteiger partial charge is 0.368 e. The Hall–Kier alpha value is -0.0800. The van der Waals surface area contributed by atoms with Crippen LogP contribution >= 0.6 is 0 Å². The van der Waals surface area contributed by atoms with Crippen LogP contribution in [-0.4, -0.2) is 16.5 Å². The molecule has 0 unspecified atom stereocenters. The van der Waals surface area contributed by atoms with Gasteiger partial charge in [0.05, 0.1) is 0 Å². The highest BCUT2D eigenvalue weighted by atomic mass is 16.5. The first-order chi connectivity index (χ1) is 2.77. The molecule has 0 spiro atoms. The van der Waals surface area contributed by atoms with Crippen molar-refractivity contribution in [2.45, 2.75) is 33.5 Å². The number of aliphatic hydroxyl groups excluding tert-OH is 1. The van der Waals surface area contributed by atoms with Gasteiger partial charge in [-0.25, -0.2) is 0 Å². The van der Waals surface area contributed by atoms with Crippen molar-refractivity contribution >= 4 is 0 Å². The lowest BCUT2D eigenvalue weighted by Gasteiger charge is -1.94. The Morgan fingerprint density at radius 2 is 1.86 bits per heavy atom. The zero-order valence-electron chi connectivity index (χ0n) is 3.89. The van der Waals surface area contributed by atoms with E-state index in [2.05, 4.69) is 0 Å². The molecule has 0 aliphatic rings. The van der Waals surface area contributed by atoms with Gasteiger partial charge in [-0.2, -0.15) is 0 Å². The molecule has 0 rings (SSSR count). The molecule has 0 aliphatic heterocycles. The molecule has 0 atom stereocenters. The topological polar surface area (TPSA) is 40.5 Å². The number of hydrogen-bond acceptors (Lipinski definition) is 2. The number of rotatable bonds is 2. The first-order valence-corrected chi connectivity index (χ1v) is 2.13. The summed E-state index contributed by atoms with van der Waals surface area (Å²) in [6.45, 7) is 1.90. The Labute approximate surface area is 44.8 Å². The maximum Gasteiger partial charge on any atom is 0.151 e. The molecular weight excluding hydrogens is 92.1 g/mol. The van der Waals surface area contributed by atoms with Crippen LogP contribution in [0.15, 0.2) is 0 Å². The summed E-state index contributed by atoms with van der Waals surface area (Å²) in [4.78, 5) is 0. The number of hydrogen-bond donors (Lipinski definition) is 2. The minimum Gasteiger partial charge on any atom is -0.368 e. The second-order valence-corrected chi connectivity index (χ2v) is 1.27. The average Bonchev–Trinajstić information content (AvgIpc) is 1.35. The van der Waals surface area contributed by atoms with Crippen molar-refractivity contribution in [3.05, 3.63) is 0 Å². The second-order valence-electron chi connectivity index (χ2n) is 1.27. The van der Waals surface area contributed by atoms with Gasteiger partial charge in [-0.3, -0.25) is 0 Å². The Balaban J connectivity index is 0. The molecule has 7 heavy (non-hydrogen) atoms. The summed E-state index contributed by atoms with van der Waals surface area (Å²) in [5.41, 5.74) is 0. The zero-order chi connectivity index (χ0) is 4.99. The van der Waals surface area contributed by atoms with Gasteiger partial charge >= 0.3 is 0 Å². The predicted molar refractivity (Wildman–Crippen MR) is 29.9 cm³/mol. The molecule has 0 saturated carbocycles. The smallest absolute Gasteiger partial charge is 0.151 e. The van der Waals surface area contributed by atoms with E-state index in [9.17, 15) is 0 Å². The van der Waals surface area contributed by atoms with Gasteiger partial charge in [0.2, 0.25) is 0 Å². The molecule has 0 bridgehead atoms. The van der Waals surface area contributed by atoms with E-state index in [0.29, 0.717) is 6.42 Å². The van der Waals surface area contributed by atoms with E-state index in [1.54, 1.807) is 0 Å². The minimum absolute atomic E-state index is 0. The summed E-state index contributed by atoms with van der Waals surface area (Å²) >= 11 is 0. The molecule has 0 amide bonds. The van der Waals surface area contributed by atoms with Gasteiger partial charge in [-0.1, -0.05) is 20.8 Å². The van der Waals surface area contributed by atoms with Crippen molar-refractivity contribution in [2.75, 3.05) is 0 Å². The molecule has 46 valence electrons. The Kier molecular flexibility index (Phi) is 8.47. The quantitative estimate of drug-likeness (QED) is 0.509. The van der Waals surface area contributed by atoms with E-state index < -0.39 is 6.29 Å². The lowest BCUT2D eigenvalue weighted by atomic mass is 10.3. The van der Waals surface area contributed by atoms with Gasteiger partial charge < -0.3 is 10.2 Å². The van der Waals surface area contributed by atoms with Crippen LogP contribution < -0.4 is 0 Å². The van der Waals surface area contributed by atoms with Crippen molar-refractivity contribution < 1.29 is 10.2 Å². The van der Waals surface area contributed by atoms with Crippen molar-refractivity contribution in [1.82, 2.24) is 0 Å². The normalized spacial score (nSPS) is 8.57. The fourth-order valence-electron chi connectivity index (χ4n) is 0.258. The van der Waals surface area contributed by atoms with Crippen LogP contribution in [0, 0.1) is 0 Å². The highest BCUT2D eigenvalue weighted by molar-refractivity contribution is 4.31. The highest BCUT2D eigenvalue weighted by Gasteiger charge is 1.89. The second kappa shape index (κ2) is 5.92. The van der Waals surface area contributed by atoms with Gasteiger partial charge in [0.15, 0.2) is 6.29 Å². The van der Waals surface area contributed by atoms with E-state index in [-0.39, 0.29) is 7.43 Å². The molecule has 2 nitrogen and oxygen atoms in total. The summed E-state index contributed by atoms with van der Waals surface area (Å²) < 4.78 is 0. The van der Waals surface area contributed by atoms with E-state index in [1.165, 1.54) is 0 Å². The molecule has 2 N–H and O–H groups in total. The van der Waals surface area contributed by atoms with Crippen molar-refractivity contribution in [3.63, 3.8) is 0 Å². The van der Waals surface area contributed by atoms with E-state index in [4.69, 9.17) is 10.2 Å². The van der Waals surface area contributed by atoms with Gasteiger partial charge in [-0.05, 0) is 6.42 Å². The monoisotopic (exact) mass is 106 g/mol. The highest BCUT2D eigenvalue weighted by Crippen LogP contribution is 1.88. The molecule has 0 aromatic heterocycles. The van der Waals surface area contributed by atoms with E-state index in [0.717, 1.165) is 6.42 Å². The molecule has 2 heteroatoms. The van der Waals surface area contributed by atoms with Crippen LogP contribution in [0.2, 0.25) is 0 Å². The van der Waals surface area contributed by atoms with Crippen LogP contribution in [0.5, 0.6) is 0 Å². The zero-order valence-corrected chi connectivity index (χ0v) is 3.89. The third-order valence-corrected chi connectivity index (χ3v) is 0.547. The van der Waals surface area contributed by atoms with Crippen LogP contribution in [0.4, 0.5) is 0 Å². The lowest BCUT2D eigenvalue weighted by molar-refractivity contribution is -0.0453. The summed E-state index contributed by atoms with van der Waals surface area (Å²) in [7, 11) is 0. The van der Waals surface area contributed by atoms with Crippen LogP contribution in [0.1, 0.15) is 27.2 Å². The maximum atomic E-state index is 8.11. The molecular formula is C5H14O2. The van der Waals surface area contributed by atoms with Gasteiger partial charge in [0.25, 0.3) is 0 Å². The van der Waals surface area contributed by atoms with Crippen LogP contribution in [-0.2, 0) is 0 Å². The van der Waals surface area contributed by atoms with Crippen molar-refractivity contribution in [1.29, 1.82) is 0 Å². The minimum atomic E-state index is -1.10. The van der Waals surface area contributed by atoms with E-state index in [1.807, 2.05) is 6.92 Å².